The van der Waals surface area contributed by atoms with Crippen LogP contribution in [-0.2, 0) is 0 Å². The van der Waals surface area contributed by atoms with Gasteiger partial charge in [0.25, 0.3) is 0 Å². The fourth-order valence-corrected chi connectivity index (χ4v) is 2.09. The van der Waals surface area contributed by atoms with E-state index in [1.807, 2.05) is 0 Å². The number of nitrogens with zero attached hydrogens (tertiary/aromatic N) is 2. The third-order valence-corrected chi connectivity index (χ3v) is 2.99. The van der Waals surface area contributed by atoms with Gasteiger partial charge in [-0.1, -0.05) is 11.6 Å². The number of carbonyl (C=O) groups is 1. The number of aromatic carboxylic acids is 1. The zero-order valence-electron chi connectivity index (χ0n) is 8.35. The van der Waals surface area contributed by atoms with Crippen LogP contribution in [0.5, 0.6) is 0 Å². The van der Waals surface area contributed by atoms with Crippen LogP contribution in [-0.4, -0.2) is 20.6 Å². The van der Waals surface area contributed by atoms with Gasteiger partial charge in [-0.15, -0.1) is 0 Å². The highest BCUT2D eigenvalue weighted by molar-refractivity contribution is 6.31. The Hall–Kier alpha value is -1.55. The predicted octanol–water partition coefficient (Wildman–Crippen LogP) is 2.72. The molecular weight excluding hydrogens is 228 g/mol. The first-order valence-electron chi connectivity index (χ1n) is 5.07. The fourth-order valence-electron chi connectivity index (χ4n) is 1.92. The molecule has 1 heterocycles. The Kier molecular flexibility index (Phi) is 1.94. The second kappa shape index (κ2) is 3.22. The van der Waals surface area contributed by atoms with Crippen molar-refractivity contribution in [3.8, 4) is 0 Å². The minimum atomic E-state index is -0.987. The summed E-state index contributed by atoms with van der Waals surface area (Å²) < 4.78 is 1.78. The Bertz CT molecular complexity index is 587. The summed E-state index contributed by atoms with van der Waals surface area (Å²) in [6, 6.07) is 5.52. The van der Waals surface area contributed by atoms with Crippen molar-refractivity contribution in [3.63, 3.8) is 0 Å². The second-order valence-corrected chi connectivity index (χ2v) is 4.41. The Balaban J connectivity index is 2.33. The molecule has 0 saturated heterocycles. The van der Waals surface area contributed by atoms with Crippen LogP contribution >= 0.6 is 11.6 Å². The number of carboxylic acid groups (broad SMARTS) is 1. The van der Waals surface area contributed by atoms with Crippen molar-refractivity contribution in [2.75, 3.05) is 0 Å². The molecule has 0 spiro atoms. The molecule has 0 aliphatic heterocycles. The maximum atomic E-state index is 11.1. The van der Waals surface area contributed by atoms with Gasteiger partial charge in [0.2, 0.25) is 5.82 Å². The van der Waals surface area contributed by atoms with Crippen LogP contribution in [0.4, 0.5) is 0 Å². The lowest BCUT2D eigenvalue weighted by Gasteiger charge is -2.03. The normalized spacial score (nSPS) is 15.6. The molecule has 0 atom stereocenters. The number of aromatic nitrogens is 2. The smallest absolute Gasteiger partial charge is 0.372 e. The molecule has 1 saturated carbocycles. The van der Waals surface area contributed by atoms with Crippen LogP contribution in [0.3, 0.4) is 0 Å². The van der Waals surface area contributed by atoms with E-state index >= 15 is 0 Å². The standard InChI is InChI=1S/C11H9ClN2O2/c12-6-1-4-8-9(5-6)14(7-2-3-7)10(13-8)11(15)16/h1,4-5,7H,2-3H2,(H,15,16). The van der Waals surface area contributed by atoms with Crippen LogP contribution in [0.1, 0.15) is 29.5 Å². The number of halogens is 1. The van der Waals surface area contributed by atoms with E-state index in [1.165, 1.54) is 0 Å². The summed E-state index contributed by atoms with van der Waals surface area (Å²) in [5.41, 5.74) is 1.50. The van der Waals surface area contributed by atoms with Crippen molar-refractivity contribution in [2.45, 2.75) is 18.9 Å². The van der Waals surface area contributed by atoms with Crippen molar-refractivity contribution in [1.29, 1.82) is 0 Å². The van der Waals surface area contributed by atoms with E-state index < -0.39 is 5.97 Å². The first-order valence-corrected chi connectivity index (χ1v) is 5.45. The highest BCUT2D eigenvalue weighted by Gasteiger charge is 2.30. The average molecular weight is 237 g/mol. The molecule has 0 bridgehead atoms. The lowest BCUT2D eigenvalue weighted by molar-refractivity contribution is 0.0678. The van der Waals surface area contributed by atoms with Crippen LogP contribution in [0.25, 0.3) is 11.0 Å². The number of carboxylic acids is 1. The van der Waals surface area contributed by atoms with Gasteiger partial charge in [0.15, 0.2) is 0 Å². The Morgan fingerprint density at radius 1 is 1.50 bits per heavy atom. The van der Waals surface area contributed by atoms with Gasteiger partial charge in [-0.25, -0.2) is 9.78 Å². The van der Waals surface area contributed by atoms with Crippen LogP contribution < -0.4 is 0 Å². The highest BCUT2D eigenvalue weighted by Crippen LogP contribution is 2.39. The number of hydrogen-bond donors (Lipinski definition) is 1. The van der Waals surface area contributed by atoms with Gasteiger partial charge in [-0.3, -0.25) is 0 Å². The minimum Gasteiger partial charge on any atom is -0.475 e. The van der Waals surface area contributed by atoms with Gasteiger partial charge in [0, 0.05) is 11.1 Å². The number of imidazole rings is 1. The van der Waals surface area contributed by atoms with Gasteiger partial charge in [-0.2, -0.15) is 0 Å². The van der Waals surface area contributed by atoms with E-state index in [4.69, 9.17) is 16.7 Å². The number of fused-ring (bicyclic) bond motifs is 1. The third-order valence-electron chi connectivity index (χ3n) is 2.75. The number of hydrogen-bond acceptors (Lipinski definition) is 2. The Morgan fingerprint density at radius 2 is 2.25 bits per heavy atom. The SMILES string of the molecule is O=C(O)c1nc2ccc(Cl)cc2n1C1CC1. The van der Waals surface area contributed by atoms with Crippen LogP contribution in [0, 0.1) is 0 Å². The van der Waals surface area contributed by atoms with Crippen molar-refractivity contribution in [1.82, 2.24) is 9.55 Å². The zero-order chi connectivity index (χ0) is 11.3. The Morgan fingerprint density at radius 3 is 2.88 bits per heavy atom. The molecule has 16 heavy (non-hydrogen) atoms. The quantitative estimate of drug-likeness (QED) is 0.872. The first-order chi connectivity index (χ1) is 7.66. The third kappa shape index (κ3) is 1.38. The molecule has 4 nitrogen and oxygen atoms in total. The molecule has 1 fully saturated rings. The Labute approximate surface area is 96.5 Å². The molecule has 1 aliphatic carbocycles. The molecule has 0 unspecified atom stereocenters. The highest BCUT2D eigenvalue weighted by atomic mass is 35.5. The number of benzene rings is 1. The molecular formula is C11H9ClN2O2. The van der Waals surface area contributed by atoms with Gasteiger partial charge < -0.3 is 9.67 Å². The van der Waals surface area contributed by atoms with Crippen molar-refractivity contribution >= 4 is 28.6 Å². The molecule has 0 radical (unpaired) electrons. The summed E-state index contributed by atoms with van der Waals surface area (Å²) in [5.74, 6) is -0.876. The van der Waals surface area contributed by atoms with Gasteiger partial charge in [0.1, 0.15) is 0 Å². The van der Waals surface area contributed by atoms with Crippen molar-refractivity contribution < 1.29 is 9.90 Å². The van der Waals surface area contributed by atoms with E-state index in [9.17, 15) is 4.79 Å². The topological polar surface area (TPSA) is 55.1 Å². The van der Waals surface area contributed by atoms with Gasteiger partial charge in [0.05, 0.1) is 11.0 Å². The maximum Gasteiger partial charge on any atom is 0.372 e. The van der Waals surface area contributed by atoms with E-state index in [-0.39, 0.29) is 11.9 Å². The largest absolute Gasteiger partial charge is 0.475 e. The summed E-state index contributed by atoms with van der Waals surface area (Å²) in [6.45, 7) is 0. The predicted molar refractivity (Wildman–Crippen MR) is 60.0 cm³/mol. The summed E-state index contributed by atoms with van der Waals surface area (Å²) >= 11 is 5.92. The molecule has 1 aromatic carbocycles. The molecule has 2 aromatic rings. The van der Waals surface area contributed by atoms with Crippen molar-refractivity contribution in [3.05, 3.63) is 29.0 Å². The first kappa shape index (κ1) is 9.66. The maximum absolute atomic E-state index is 11.1. The summed E-state index contributed by atoms with van der Waals surface area (Å²) in [4.78, 5) is 15.2. The monoisotopic (exact) mass is 236 g/mol. The van der Waals surface area contributed by atoms with E-state index in [0.29, 0.717) is 10.5 Å². The van der Waals surface area contributed by atoms with Crippen LogP contribution in [0.15, 0.2) is 18.2 Å². The molecule has 3 rings (SSSR count). The minimum absolute atomic E-state index is 0.111. The second-order valence-electron chi connectivity index (χ2n) is 3.97. The summed E-state index contributed by atoms with van der Waals surface area (Å²) in [7, 11) is 0. The number of rotatable bonds is 2. The van der Waals surface area contributed by atoms with Crippen molar-refractivity contribution in [2.24, 2.45) is 0 Å². The molecule has 5 heteroatoms. The van der Waals surface area contributed by atoms with Gasteiger partial charge in [-0.05, 0) is 31.0 Å². The molecule has 82 valence electrons. The van der Waals surface area contributed by atoms with Gasteiger partial charge >= 0.3 is 5.97 Å². The fraction of sp³-hybridized carbons (Fsp3) is 0.273. The average Bonchev–Trinajstić information content (AvgIpc) is 2.99. The lowest BCUT2D eigenvalue weighted by Crippen LogP contribution is -2.08. The summed E-state index contributed by atoms with van der Waals surface area (Å²) in [5, 5.41) is 9.70. The molecule has 1 N–H and O–H groups in total. The molecule has 1 aromatic heterocycles. The molecule has 0 amide bonds. The van der Waals surface area contributed by atoms with Crippen LogP contribution in [0.2, 0.25) is 5.02 Å². The van der Waals surface area contributed by atoms with E-state index in [0.717, 1.165) is 18.4 Å². The zero-order valence-corrected chi connectivity index (χ0v) is 9.11. The lowest BCUT2D eigenvalue weighted by atomic mass is 10.3. The van der Waals surface area contributed by atoms with E-state index in [1.54, 1.807) is 22.8 Å². The summed E-state index contributed by atoms with van der Waals surface area (Å²) in [6.07, 6.45) is 2.02. The van der Waals surface area contributed by atoms with E-state index in [2.05, 4.69) is 4.98 Å². The molecule has 1 aliphatic rings.